The Bertz CT molecular complexity index is 414. The Morgan fingerprint density at radius 3 is 3.20 bits per heavy atom. The van der Waals surface area contributed by atoms with Gasteiger partial charge in [-0.2, -0.15) is 0 Å². The van der Waals surface area contributed by atoms with E-state index in [-0.39, 0.29) is 0 Å². The molecule has 0 radical (unpaired) electrons. The second-order valence-electron chi connectivity index (χ2n) is 4.27. The Labute approximate surface area is 97.9 Å². The van der Waals surface area contributed by atoms with Crippen molar-refractivity contribution in [1.29, 1.82) is 0 Å². The molecule has 3 heteroatoms. The number of nitrogens with zero attached hydrogens (tertiary/aromatic N) is 1. The van der Waals surface area contributed by atoms with Gasteiger partial charge in [-0.05, 0) is 58.4 Å². The summed E-state index contributed by atoms with van der Waals surface area (Å²) in [4.78, 5) is 4.23. The Balaban J connectivity index is 1.94. The van der Waals surface area contributed by atoms with Gasteiger partial charge in [-0.1, -0.05) is 6.08 Å². The van der Waals surface area contributed by atoms with Gasteiger partial charge in [0.05, 0.1) is 0 Å². The fourth-order valence-electron chi connectivity index (χ4n) is 2.65. The van der Waals surface area contributed by atoms with Gasteiger partial charge in [0.25, 0.3) is 0 Å². The van der Waals surface area contributed by atoms with E-state index in [0.717, 1.165) is 16.9 Å². The van der Waals surface area contributed by atoms with Gasteiger partial charge in [0.1, 0.15) is 0 Å². The number of allylic oxidation sites excluding steroid dienone is 1. The molecule has 78 valence electrons. The molecule has 2 aliphatic rings. The van der Waals surface area contributed by atoms with Crippen LogP contribution < -0.4 is 5.32 Å². The van der Waals surface area contributed by atoms with E-state index < -0.39 is 0 Å². The van der Waals surface area contributed by atoms with Crippen molar-refractivity contribution in [3.63, 3.8) is 0 Å². The molecule has 3 rings (SSSR count). The van der Waals surface area contributed by atoms with Crippen LogP contribution in [0.25, 0.3) is 5.57 Å². The van der Waals surface area contributed by atoms with Crippen molar-refractivity contribution < 1.29 is 0 Å². The molecule has 1 aromatic heterocycles. The number of halogens is 1. The molecule has 0 unspecified atom stereocenters. The zero-order valence-electron chi connectivity index (χ0n) is 8.41. The van der Waals surface area contributed by atoms with E-state index in [9.17, 15) is 0 Å². The predicted molar refractivity (Wildman–Crippen MR) is 64.4 cm³/mol. The molecule has 0 bridgehead atoms. The monoisotopic (exact) mass is 264 g/mol. The molecule has 15 heavy (non-hydrogen) atoms. The summed E-state index contributed by atoms with van der Waals surface area (Å²) in [7, 11) is 0. The minimum absolute atomic E-state index is 0.570. The fourth-order valence-corrected chi connectivity index (χ4v) is 3.01. The van der Waals surface area contributed by atoms with Crippen molar-refractivity contribution in [1.82, 2.24) is 10.3 Å². The first-order valence-electron chi connectivity index (χ1n) is 5.39. The van der Waals surface area contributed by atoms with E-state index in [0.29, 0.717) is 6.04 Å². The van der Waals surface area contributed by atoms with Gasteiger partial charge in [-0.3, -0.25) is 4.98 Å². The van der Waals surface area contributed by atoms with Crippen LogP contribution in [0.4, 0.5) is 0 Å². The average Bonchev–Trinajstić information content (AvgIpc) is 2.77. The lowest BCUT2D eigenvalue weighted by molar-refractivity contribution is 0.557. The largest absolute Gasteiger partial charge is 0.310 e. The standard InChI is InChI=1S/C12H13BrN2/c13-10-5-9(6-14-7-10)11-2-1-8-3-4-15-12(8)11/h2,5-8,12,15H,1,3-4H2/t8-,12+/m1/s1. The molecule has 0 spiro atoms. The number of aromatic nitrogens is 1. The molecule has 1 fully saturated rings. The van der Waals surface area contributed by atoms with Gasteiger partial charge < -0.3 is 5.32 Å². The summed E-state index contributed by atoms with van der Waals surface area (Å²) < 4.78 is 1.06. The fraction of sp³-hybridized carbons (Fsp3) is 0.417. The summed E-state index contributed by atoms with van der Waals surface area (Å²) in [5.41, 5.74) is 2.69. The number of fused-ring (bicyclic) bond motifs is 1. The molecule has 1 aliphatic heterocycles. The first kappa shape index (κ1) is 9.55. The topological polar surface area (TPSA) is 24.9 Å². The minimum atomic E-state index is 0.570. The highest BCUT2D eigenvalue weighted by molar-refractivity contribution is 9.10. The van der Waals surface area contributed by atoms with Crippen molar-refractivity contribution in [3.8, 4) is 0 Å². The van der Waals surface area contributed by atoms with Gasteiger partial charge in [0.2, 0.25) is 0 Å². The Hall–Kier alpha value is -0.670. The van der Waals surface area contributed by atoms with Gasteiger partial charge >= 0.3 is 0 Å². The maximum atomic E-state index is 4.23. The summed E-state index contributed by atoms with van der Waals surface area (Å²) in [5.74, 6) is 0.819. The number of hydrogen-bond acceptors (Lipinski definition) is 2. The first-order chi connectivity index (χ1) is 7.34. The second-order valence-corrected chi connectivity index (χ2v) is 5.18. The molecular formula is C12H13BrN2. The quantitative estimate of drug-likeness (QED) is 0.844. The second kappa shape index (κ2) is 3.72. The molecular weight excluding hydrogens is 252 g/mol. The lowest BCUT2D eigenvalue weighted by Gasteiger charge is -2.14. The van der Waals surface area contributed by atoms with Crippen molar-refractivity contribution in [3.05, 3.63) is 34.6 Å². The number of nitrogens with one attached hydrogen (secondary N) is 1. The number of rotatable bonds is 1. The molecule has 2 atom stereocenters. The molecule has 0 saturated carbocycles. The van der Waals surface area contributed by atoms with Crippen LogP contribution in [0.15, 0.2) is 29.0 Å². The van der Waals surface area contributed by atoms with E-state index in [1.54, 1.807) is 0 Å². The number of pyridine rings is 1. The lowest BCUT2D eigenvalue weighted by Crippen LogP contribution is -2.24. The zero-order valence-corrected chi connectivity index (χ0v) is 10.00. The van der Waals surface area contributed by atoms with Gasteiger partial charge in [0, 0.05) is 22.9 Å². The minimum Gasteiger partial charge on any atom is -0.310 e. The molecule has 0 amide bonds. The van der Waals surface area contributed by atoms with E-state index in [1.807, 2.05) is 12.4 Å². The number of hydrogen-bond donors (Lipinski definition) is 1. The third kappa shape index (κ3) is 1.64. The van der Waals surface area contributed by atoms with E-state index >= 15 is 0 Å². The van der Waals surface area contributed by atoms with Crippen LogP contribution in [0.2, 0.25) is 0 Å². The highest BCUT2D eigenvalue weighted by Crippen LogP contribution is 2.37. The van der Waals surface area contributed by atoms with Crippen LogP contribution in [0.3, 0.4) is 0 Å². The average molecular weight is 265 g/mol. The lowest BCUT2D eigenvalue weighted by atomic mass is 9.97. The van der Waals surface area contributed by atoms with Crippen LogP contribution >= 0.6 is 15.9 Å². The van der Waals surface area contributed by atoms with Crippen LogP contribution in [-0.2, 0) is 0 Å². The Kier molecular flexibility index (Phi) is 2.37. The summed E-state index contributed by atoms with van der Waals surface area (Å²) in [5, 5.41) is 3.58. The predicted octanol–water partition coefficient (Wildman–Crippen LogP) is 2.61. The third-order valence-electron chi connectivity index (χ3n) is 3.36. The molecule has 1 saturated heterocycles. The van der Waals surface area contributed by atoms with Gasteiger partial charge in [0.15, 0.2) is 0 Å². The molecule has 0 aromatic carbocycles. The van der Waals surface area contributed by atoms with E-state index in [1.165, 1.54) is 24.0 Å². The summed E-state index contributed by atoms with van der Waals surface area (Å²) >= 11 is 3.47. The SMILES string of the molecule is Brc1cncc(C2=CC[C@@H]3CCN[C@H]23)c1. The molecule has 2 nitrogen and oxygen atoms in total. The van der Waals surface area contributed by atoms with Gasteiger partial charge in [-0.15, -0.1) is 0 Å². The molecule has 1 aromatic rings. The van der Waals surface area contributed by atoms with Crippen LogP contribution in [0.1, 0.15) is 18.4 Å². The van der Waals surface area contributed by atoms with Crippen molar-refractivity contribution in [2.45, 2.75) is 18.9 Å². The molecule has 2 heterocycles. The zero-order chi connectivity index (χ0) is 10.3. The first-order valence-corrected chi connectivity index (χ1v) is 6.18. The molecule has 1 aliphatic carbocycles. The summed E-state index contributed by atoms with van der Waals surface area (Å²) in [6.45, 7) is 1.16. The maximum Gasteiger partial charge on any atom is 0.0410 e. The van der Waals surface area contributed by atoms with E-state index in [4.69, 9.17) is 0 Å². The van der Waals surface area contributed by atoms with Crippen LogP contribution in [0, 0.1) is 5.92 Å². The summed E-state index contributed by atoms with van der Waals surface area (Å²) in [6.07, 6.45) is 8.69. The normalized spacial score (nSPS) is 29.0. The summed E-state index contributed by atoms with van der Waals surface area (Å²) in [6, 6.07) is 2.72. The van der Waals surface area contributed by atoms with Gasteiger partial charge in [-0.25, -0.2) is 0 Å². The Morgan fingerprint density at radius 1 is 1.40 bits per heavy atom. The van der Waals surface area contributed by atoms with Crippen molar-refractivity contribution in [2.75, 3.05) is 6.54 Å². The van der Waals surface area contributed by atoms with Crippen molar-refractivity contribution >= 4 is 21.5 Å². The van der Waals surface area contributed by atoms with Crippen LogP contribution in [-0.4, -0.2) is 17.6 Å². The smallest absolute Gasteiger partial charge is 0.0410 e. The van der Waals surface area contributed by atoms with Crippen LogP contribution in [0.5, 0.6) is 0 Å². The Morgan fingerprint density at radius 2 is 2.33 bits per heavy atom. The highest BCUT2D eigenvalue weighted by atomic mass is 79.9. The van der Waals surface area contributed by atoms with Crippen molar-refractivity contribution in [2.24, 2.45) is 5.92 Å². The molecule has 1 N–H and O–H groups in total. The van der Waals surface area contributed by atoms with E-state index in [2.05, 4.69) is 38.4 Å². The third-order valence-corrected chi connectivity index (χ3v) is 3.80. The maximum absolute atomic E-state index is 4.23. The highest BCUT2D eigenvalue weighted by Gasteiger charge is 2.33.